The van der Waals surface area contributed by atoms with Crippen molar-refractivity contribution in [2.75, 3.05) is 6.54 Å². The van der Waals surface area contributed by atoms with Crippen LogP contribution in [0.15, 0.2) is 34.8 Å². The van der Waals surface area contributed by atoms with Crippen molar-refractivity contribution >= 4 is 27.6 Å². The molecular weight excluding hydrogens is 320 g/mol. The molecule has 102 valence electrons. The van der Waals surface area contributed by atoms with E-state index in [0.717, 1.165) is 15.7 Å². The van der Waals surface area contributed by atoms with E-state index in [1.807, 2.05) is 24.3 Å². The van der Waals surface area contributed by atoms with Gasteiger partial charge < -0.3 is 10.3 Å². The van der Waals surface area contributed by atoms with E-state index < -0.39 is 0 Å². The van der Waals surface area contributed by atoms with Crippen LogP contribution in [0, 0.1) is 0 Å². The van der Waals surface area contributed by atoms with Crippen molar-refractivity contribution < 1.29 is 9.59 Å². The Balaban J connectivity index is 1.91. The molecule has 0 saturated heterocycles. The molecule has 20 heavy (non-hydrogen) atoms. The number of rotatable bonds is 2. The number of halogens is 1. The number of hydrogen-bond donors (Lipinski definition) is 2. The molecule has 5 heteroatoms. The van der Waals surface area contributed by atoms with Crippen molar-refractivity contribution in [1.82, 2.24) is 10.3 Å². The molecule has 0 atom stereocenters. The van der Waals surface area contributed by atoms with Gasteiger partial charge in [0.05, 0.1) is 0 Å². The van der Waals surface area contributed by atoms with Gasteiger partial charge >= 0.3 is 0 Å². The second kappa shape index (κ2) is 5.25. The number of carbonyl (C=O) groups is 2. The van der Waals surface area contributed by atoms with Crippen LogP contribution in [-0.2, 0) is 6.42 Å². The SMILES string of the molecule is O=C1CCNC(=O)c2[nH]c(Cc3ccc(Br)cc3)cc21. The summed E-state index contributed by atoms with van der Waals surface area (Å²) < 4.78 is 1.03. The molecule has 4 nitrogen and oxygen atoms in total. The van der Waals surface area contributed by atoms with Gasteiger partial charge in [-0.05, 0) is 23.8 Å². The summed E-state index contributed by atoms with van der Waals surface area (Å²) >= 11 is 3.40. The molecule has 1 aliphatic rings. The molecule has 0 aliphatic carbocycles. The Labute approximate surface area is 124 Å². The van der Waals surface area contributed by atoms with Gasteiger partial charge in [0.1, 0.15) is 5.69 Å². The van der Waals surface area contributed by atoms with Crippen molar-refractivity contribution in [1.29, 1.82) is 0 Å². The number of carbonyl (C=O) groups excluding carboxylic acids is 2. The van der Waals surface area contributed by atoms with E-state index >= 15 is 0 Å². The number of aromatic amines is 1. The van der Waals surface area contributed by atoms with Crippen LogP contribution in [0.1, 0.15) is 38.5 Å². The fourth-order valence-electron chi connectivity index (χ4n) is 2.34. The van der Waals surface area contributed by atoms with Crippen LogP contribution < -0.4 is 5.32 Å². The van der Waals surface area contributed by atoms with Crippen molar-refractivity contribution in [2.45, 2.75) is 12.8 Å². The summed E-state index contributed by atoms with van der Waals surface area (Å²) in [6.07, 6.45) is 1.02. The van der Waals surface area contributed by atoms with E-state index in [1.165, 1.54) is 0 Å². The average Bonchev–Trinajstić information content (AvgIpc) is 2.80. The normalized spacial score (nSPS) is 14.7. The Morgan fingerprint density at radius 1 is 1.15 bits per heavy atom. The molecule has 3 rings (SSSR count). The number of nitrogens with one attached hydrogen (secondary N) is 2. The predicted molar refractivity (Wildman–Crippen MR) is 79.0 cm³/mol. The van der Waals surface area contributed by atoms with Crippen molar-refractivity contribution in [3.8, 4) is 0 Å². The van der Waals surface area contributed by atoms with Gasteiger partial charge in [0.15, 0.2) is 5.78 Å². The van der Waals surface area contributed by atoms with E-state index in [-0.39, 0.29) is 11.7 Å². The summed E-state index contributed by atoms with van der Waals surface area (Å²) in [4.78, 5) is 26.9. The molecule has 0 radical (unpaired) electrons. The van der Waals surface area contributed by atoms with E-state index in [0.29, 0.717) is 30.6 Å². The van der Waals surface area contributed by atoms with Gasteiger partial charge in [-0.3, -0.25) is 9.59 Å². The third-order valence-corrected chi connectivity index (χ3v) is 3.88. The van der Waals surface area contributed by atoms with Gasteiger partial charge in [-0.2, -0.15) is 0 Å². The van der Waals surface area contributed by atoms with Crippen LogP contribution in [0.25, 0.3) is 0 Å². The number of benzene rings is 1. The number of Topliss-reactive ketones (excluding diaryl/α,β-unsaturated/α-hetero) is 1. The zero-order chi connectivity index (χ0) is 14.1. The molecule has 0 bridgehead atoms. The maximum atomic E-state index is 11.9. The molecule has 2 N–H and O–H groups in total. The molecule has 1 aromatic heterocycles. The maximum Gasteiger partial charge on any atom is 0.268 e. The molecule has 0 fully saturated rings. The molecule has 0 spiro atoms. The Bertz CT molecular complexity index is 640. The molecule has 0 saturated carbocycles. The van der Waals surface area contributed by atoms with Crippen LogP contribution in [0.5, 0.6) is 0 Å². The first kappa shape index (κ1) is 13.1. The van der Waals surface area contributed by atoms with Gasteiger partial charge in [0.2, 0.25) is 0 Å². The Morgan fingerprint density at radius 3 is 2.65 bits per heavy atom. The summed E-state index contributed by atoms with van der Waals surface area (Å²) in [7, 11) is 0. The van der Waals surface area contributed by atoms with E-state index in [9.17, 15) is 9.59 Å². The zero-order valence-electron chi connectivity index (χ0n) is 10.7. The smallest absolute Gasteiger partial charge is 0.268 e. The third kappa shape index (κ3) is 2.54. The fraction of sp³-hybridized carbons (Fsp3) is 0.200. The number of ketones is 1. The molecule has 2 heterocycles. The zero-order valence-corrected chi connectivity index (χ0v) is 12.3. The standard InChI is InChI=1S/C15H13BrN2O2/c16-10-3-1-9(2-4-10)7-11-8-12-13(19)5-6-17-15(20)14(12)18-11/h1-4,8,18H,5-7H2,(H,17,20). The number of amides is 1. The minimum absolute atomic E-state index is 0.0108. The van der Waals surface area contributed by atoms with E-state index in [1.54, 1.807) is 6.07 Å². The first-order valence-corrected chi connectivity index (χ1v) is 7.20. The Morgan fingerprint density at radius 2 is 1.90 bits per heavy atom. The summed E-state index contributed by atoms with van der Waals surface area (Å²) in [5, 5.41) is 2.72. The highest BCUT2D eigenvalue weighted by Crippen LogP contribution is 2.19. The monoisotopic (exact) mass is 332 g/mol. The minimum Gasteiger partial charge on any atom is -0.354 e. The lowest BCUT2D eigenvalue weighted by Gasteiger charge is -2.01. The quantitative estimate of drug-likeness (QED) is 0.888. The number of aromatic nitrogens is 1. The Hall–Kier alpha value is -1.88. The maximum absolute atomic E-state index is 11.9. The third-order valence-electron chi connectivity index (χ3n) is 3.35. The second-order valence-corrected chi connectivity index (χ2v) is 5.73. The highest BCUT2D eigenvalue weighted by molar-refractivity contribution is 9.10. The summed E-state index contributed by atoms with van der Waals surface area (Å²) in [5.41, 5.74) is 2.90. The molecule has 1 amide bonds. The highest BCUT2D eigenvalue weighted by atomic mass is 79.9. The topological polar surface area (TPSA) is 62.0 Å². The lowest BCUT2D eigenvalue weighted by Crippen LogP contribution is -2.23. The van der Waals surface area contributed by atoms with E-state index in [4.69, 9.17) is 0 Å². The van der Waals surface area contributed by atoms with Crippen molar-refractivity contribution in [3.05, 3.63) is 57.3 Å². The molecule has 2 aromatic rings. The van der Waals surface area contributed by atoms with Crippen LogP contribution in [0.4, 0.5) is 0 Å². The highest BCUT2D eigenvalue weighted by Gasteiger charge is 2.23. The molecule has 0 unspecified atom stereocenters. The predicted octanol–water partition coefficient (Wildman–Crippen LogP) is 2.68. The lowest BCUT2D eigenvalue weighted by atomic mass is 10.1. The van der Waals surface area contributed by atoms with Gasteiger partial charge in [-0.1, -0.05) is 28.1 Å². The average molecular weight is 333 g/mol. The Kier molecular flexibility index (Phi) is 3.44. The summed E-state index contributed by atoms with van der Waals surface area (Å²) in [6, 6.07) is 9.77. The molecular formula is C15H13BrN2O2. The van der Waals surface area contributed by atoms with Gasteiger partial charge in [0.25, 0.3) is 5.91 Å². The molecule has 1 aliphatic heterocycles. The van der Waals surface area contributed by atoms with Gasteiger partial charge in [-0.15, -0.1) is 0 Å². The van der Waals surface area contributed by atoms with Crippen LogP contribution in [-0.4, -0.2) is 23.2 Å². The summed E-state index contributed by atoms with van der Waals surface area (Å²) in [5.74, 6) is -0.190. The number of H-pyrrole nitrogens is 1. The van der Waals surface area contributed by atoms with Crippen molar-refractivity contribution in [2.24, 2.45) is 0 Å². The van der Waals surface area contributed by atoms with Gasteiger partial charge in [0, 0.05) is 35.1 Å². The molecule has 1 aromatic carbocycles. The second-order valence-electron chi connectivity index (χ2n) is 4.82. The largest absolute Gasteiger partial charge is 0.354 e. The van der Waals surface area contributed by atoms with Crippen LogP contribution in [0.3, 0.4) is 0 Å². The number of hydrogen-bond acceptors (Lipinski definition) is 2. The summed E-state index contributed by atoms with van der Waals surface area (Å²) in [6.45, 7) is 0.405. The van der Waals surface area contributed by atoms with Crippen LogP contribution >= 0.6 is 15.9 Å². The minimum atomic E-state index is -0.201. The lowest BCUT2D eigenvalue weighted by molar-refractivity contribution is 0.0951. The van der Waals surface area contributed by atoms with Gasteiger partial charge in [-0.25, -0.2) is 0 Å². The number of fused-ring (bicyclic) bond motifs is 1. The van der Waals surface area contributed by atoms with Crippen molar-refractivity contribution in [3.63, 3.8) is 0 Å². The van der Waals surface area contributed by atoms with Crippen LogP contribution in [0.2, 0.25) is 0 Å². The fourth-order valence-corrected chi connectivity index (χ4v) is 2.60. The van der Waals surface area contributed by atoms with E-state index in [2.05, 4.69) is 26.2 Å². The first-order valence-electron chi connectivity index (χ1n) is 6.41. The first-order chi connectivity index (χ1) is 9.63.